The number of nitrogens with two attached hydrogens (primary N) is 1. The van der Waals surface area contributed by atoms with Crippen molar-refractivity contribution in [2.45, 2.75) is 26.0 Å². The van der Waals surface area contributed by atoms with Gasteiger partial charge in [-0.2, -0.15) is 5.10 Å². The molecule has 14 heavy (non-hydrogen) atoms. The van der Waals surface area contributed by atoms with Crippen LogP contribution in [0.5, 0.6) is 0 Å². The number of aryl methyl sites for hydroxylation is 1. The highest BCUT2D eigenvalue weighted by Gasteiger charge is 2.07. The van der Waals surface area contributed by atoms with Crippen molar-refractivity contribution in [3.8, 4) is 0 Å². The quantitative estimate of drug-likeness (QED) is 0.640. The third kappa shape index (κ3) is 2.29. The molecule has 1 rings (SSSR count). The van der Waals surface area contributed by atoms with E-state index < -0.39 is 6.10 Å². The Labute approximate surface area is 82.1 Å². The van der Waals surface area contributed by atoms with Crippen LogP contribution in [0.2, 0.25) is 0 Å². The van der Waals surface area contributed by atoms with Crippen molar-refractivity contribution in [3.63, 3.8) is 0 Å². The Kier molecular flexibility index (Phi) is 3.19. The average molecular weight is 197 g/mol. The molecule has 0 saturated heterocycles. The van der Waals surface area contributed by atoms with E-state index in [1.807, 2.05) is 0 Å². The molecule has 6 heteroatoms. The molecule has 0 aromatic carbocycles. The van der Waals surface area contributed by atoms with Gasteiger partial charge in [0.25, 0.3) is 0 Å². The second-order valence-corrected chi connectivity index (χ2v) is 3.20. The summed E-state index contributed by atoms with van der Waals surface area (Å²) >= 11 is 0. The van der Waals surface area contributed by atoms with E-state index in [9.17, 15) is 5.11 Å². The Morgan fingerprint density at radius 1 is 1.57 bits per heavy atom. The number of aliphatic hydroxyl groups is 1. The summed E-state index contributed by atoms with van der Waals surface area (Å²) in [7, 11) is 1.73. The van der Waals surface area contributed by atoms with Gasteiger partial charge in [-0.25, -0.2) is 9.67 Å². The maximum Gasteiger partial charge on any atom is 0.187 e. The molecule has 1 heterocycles. The highest BCUT2D eigenvalue weighted by Crippen LogP contribution is 1.95. The van der Waals surface area contributed by atoms with E-state index in [0.717, 1.165) is 0 Å². The first kappa shape index (κ1) is 10.6. The third-order valence-corrected chi connectivity index (χ3v) is 1.98. The fourth-order valence-electron chi connectivity index (χ4n) is 0.894. The molecule has 0 aliphatic rings. The van der Waals surface area contributed by atoms with Crippen molar-refractivity contribution >= 4 is 5.82 Å². The molecule has 0 saturated carbocycles. The molecule has 2 atom stereocenters. The lowest BCUT2D eigenvalue weighted by Crippen LogP contribution is -2.29. The number of hydrogen-bond donors (Lipinski definition) is 2. The molecule has 0 radical (unpaired) electrons. The lowest BCUT2D eigenvalue weighted by Gasteiger charge is -2.09. The zero-order valence-corrected chi connectivity index (χ0v) is 8.55. The van der Waals surface area contributed by atoms with E-state index in [-0.39, 0.29) is 6.04 Å². The van der Waals surface area contributed by atoms with Crippen LogP contribution in [0, 0.1) is 0 Å². The highest BCUT2D eigenvalue weighted by atomic mass is 16.3. The zero-order chi connectivity index (χ0) is 10.7. The predicted octanol–water partition coefficient (Wildman–Crippen LogP) is -0.933. The maximum atomic E-state index is 9.28. The standard InChI is InChI=1S/C8H15N5O/c1-5(6(2)14)12-8-7(9)10-4-11-13(8)3/h4-6,14H,1-3H3,(H2,9,10,11)/b12-8-/t5?,6-/m1/s1. The molecule has 6 nitrogen and oxygen atoms in total. The van der Waals surface area contributed by atoms with Crippen LogP contribution in [0.15, 0.2) is 11.3 Å². The van der Waals surface area contributed by atoms with Gasteiger partial charge in [0.15, 0.2) is 11.3 Å². The van der Waals surface area contributed by atoms with E-state index >= 15 is 0 Å². The number of nitrogen functional groups attached to an aromatic ring is 1. The monoisotopic (exact) mass is 197 g/mol. The Hall–Kier alpha value is -1.43. The van der Waals surface area contributed by atoms with Gasteiger partial charge < -0.3 is 10.8 Å². The van der Waals surface area contributed by atoms with Gasteiger partial charge in [-0.3, -0.25) is 4.99 Å². The average Bonchev–Trinajstić information content (AvgIpc) is 2.11. The molecule has 0 bridgehead atoms. The molecule has 0 amide bonds. The van der Waals surface area contributed by atoms with Crippen LogP contribution in [0.25, 0.3) is 0 Å². The number of aliphatic hydroxyl groups excluding tert-OH is 1. The first-order valence-electron chi connectivity index (χ1n) is 4.38. The van der Waals surface area contributed by atoms with E-state index in [1.165, 1.54) is 11.0 Å². The van der Waals surface area contributed by atoms with Gasteiger partial charge in [-0.05, 0) is 13.8 Å². The number of anilines is 1. The van der Waals surface area contributed by atoms with Gasteiger partial charge in [0, 0.05) is 7.05 Å². The number of aromatic nitrogens is 3. The zero-order valence-electron chi connectivity index (χ0n) is 8.55. The SMILES string of the molecule is CC(/N=c1/c(N)ncnn1C)[C@@H](C)O. The van der Waals surface area contributed by atoms with Crippen molar-refractivity contribution in [2.75, 3.05) is 5.73 Å². The number of rotatable bonds is 2. The molecular weight excluding hydrogens is 182 g/mol. The Balaban J connectivity index is 3.17. The summed E-state index contributed by atoms with van der Waals surface area (Å²) in [5, 5.41) is 13.2. The van der Waals surface area contributed by atoms with Gasteiger partial charge in [0.1, 0.15) is 6.33 Å². The molecule has 0 aliphatic carbocycles. The summed E-state index contributed by atoms with van der Waals surface area (Å²) < 4.78 is 1.53. The molecule has 0 spiro atoms. The van der Waals surface area contributed by atoms with Crippen LogP contribution in [-0.4, -0.2) is 32.0 Å². The topological polar surface area (TPSA) is 89.3 Å². The summed E-state index contributed by atoms with van der Waals surface area (Å²) in [5.41, 5.74) is 6.11. The van der Waals surface area contributed by atoms with Crippen molar-refractivity contribution in [1.82, 2.24) is 14.8 Å². The van der Waals surface area contributed by atoms with E-state index in [2.05, 4.69) is 15.1 Å². The minimum Gasteiger partial charge on any atom is -0.391 e. The van der Waals surface area contributed by atoms with Crippen molar-refractivity contribution in [1.29, 1.82) is 0 Å². The molecule has 1 aromatic rings. The van der Waals surface area contributed by atoms with Gasteiger partial charge in [-0.15, -0.1) is 0 Å². The Morgan fingerprint density at radius 2 is 2.21 bits per heavy atom. The van der Waals surface area contributed by atoms with Crippen LogP contribution in [0.3, 0.4) is 0 Å². The van der Waals surface area contributed by atoms with Gasteiger partial charge in [-0.1, -0.05) is 0 Å². The molecule has 3 N–H and O–H groups in total. The lowest BCUT2D eigenvalue weighted by molar-refractivity contribution is 0.169. The molecule has 1 unspecified atom stereocenters. The van der Waals surface area contributed by atoms with Crippen LogP contribution in [0.1, 0.15) is 13.8 Å². The lowest BCUT2D eigenvalue weighted by atomic mass is 10.2. The molecular formula is C8H15N5O. The normalized spacial score (nSPS) is 16.7. The summed E-state index contributed by atoms with van der Waals surface area (Å²) in [6.07, 6.45) is 0.844. The van der Waals surface area contributed by atoms with E-state index in [0.29, 0.717) is 11.3 Å². The minimum atomic E-state index is -0.519. The largest absolute Gasteiger partial charge is 0.391 e. The summed E-state index contributed by atoms with van der Waals surface area (Å²) in [6, 6.07) is -0.227. The second-order valence-electron chi connectivity index (χ2n) is 3.20. The molecule has 78 valence electrons. The number of nitrogens with zero attached hydrogens (tertiary/aromatic N) is 4. The van der Waals surface area contributed by atoms with Crippen LogP contribution < -0.4 is 11.2 Å². The fourth-order valence-corrected chi connectivity index (χ4v) is 0.894. The molecule has 0 aliphatic heterocycles. The van der Waals surface area contributed by atoms with Crippen molar-refractivity contribution < 1.29 is 5.11 Å². The minimum absolute atomic E-state index is 0.227. The van der Waals surface area contributed by atoms with Crippen molar-refractivity contribution in [2.24, 2.45) is 12.0 Å². The van der Waals surface area contributed by atoms with Crippen LogP contribution in [-0.2, 0) is 7.05 Å². The molecule has 1 aromatic heterocycles. The van der Waals surface area contributed by atoms with E-state index in [4.69, 9.17) is 5.73 Å². The first-order valence-corrected chi connectivity index (χ1v) is 4.38. The van der Waals surface area contributed by atoms with Crippen LogP contribution >= 0.6 is 0 Å². The third-order valence-electron chi connectivity index (χ3n) is 1.98. The van der Waals surface area contributed by atoms with Crippen LogP contribution in [0.4, 0.5) is 5.82 Å². The molecule has 0 fully saturated rings. The second kappa shape index (κ2) is 4.19. The summed E-state index contributed by atoms with van der Waals surface area (Å²) in [4.78, 5) is 8.04. The van der Waals surface area contributed by atoms with Gasteiger partial charge >= 0.3 is 0 Å². The highest BCUT2D eigenvalue weighted by molar-refractivity contribution is 5.20. The Bertz CT molecular complexity index is 347. The first-order chi connectivity index (χ1) is 6.52. The van der Waals surface area contributed by atoms with Gasteiger partial charge in [0.2, 0.25) is 0 Å². The van der Waals surface area contributed by atoms with Crippen molar-refractivity contribution in [3.05, 3.63) is 11.8 Å². The number of hydrogen-bond acceptors (Lipinski definition) is 5. The summed E-state index contributed by atoms with van der Waals surface area (Å²) in [5.74, 6) is 0.315. The maximum absolute atomic E-state index is 9.28. The smallest absolute Gasteiger partial charge is 0.187 e. The predicted molar refractivity (Wildman–Crippen MR) is 52.1 cm³/mol. The van der Waals surface area contributed by atoms with Gasteiger partial charge in [0.05, 0.1) is 12.1 Å². The Morgan fingerprint density at radius 3 is 2.71 bits per heavy atom. The van der Waals surface area contributed by atoms with E-state index in [1.54, 1.807) is 20.9 Å². The fraction of sp³-hybridized carbons (Fsp3) is 0.625. The summed E-state index contributed by atoms with van der Waals surface area (Å²) in [6.45, 7) is 3.48.